The lowest BCUT2D eigenvalue weighted by Crippen LogP contribution is -2.04. The van der Waals surface area contributed by atoms with Gasteiger partial charge in [-0.15, -0.1) is 11.6 Å². The molecule has 0 fully saturated rings. The summed E-state index contributed by atoms with van der Waals surface area (Å²) in [5, 5.41) is 0. The number of rotatable bonds is 4. The summed E-state index contributed by atoms with van der Waals surface area (Å²) >= 11 is 6.11. The maximum atomic E-state index is 6.11. The fraction of sp³-hybridized carbons (Fsp3) is 0.294. The summed E-state index contributed by atoms with van der Waals surface area (Å²) in [5.41, 5.74) is 5.31. The van der Waals surface area contributed by atoms with Gasteiger partial charge in [0.2, 0.25) is 0 Å². The molecule has 3 rings (SSSR count). The van der Waals surface area contributed by atoms with Crippen LogP contribution >= 0.6 is 11.6 Å². The minimum absolute atomic E-state index is 0.371. The van der Waals surface area contributed by atoms with Crippen LogP contribution in [0.4, 0.5) is 0 Å². The lowest BCUT2D eigenvalue weighted by Gasteiger charge is -2.12. The first-order valence-electron chi connectivity index (χ1n) is 7.22. The topological polar surface area (TPSA) is 30.7 Å². The highest BCUT2D eigenvalue weighted by molar-refractivity contribution is 6.16. The van der Waals surface area contributed by atoms with Gasteiger partial charge in [0.05, 0.1) is 11.6 Å². The molecule has 0 saturated carbocycles. The molecule has 0 aliphatic carbocycles. The zero-order valence-corrected chi connectivity index (χ0v) is 13.1. The number of hydrogen-bond acceptors (Lipinski definition) is 2. The lowest BCUT2D eigenvalue weighted by molar-refractivity contribution is 0.886. The van der Waals surface area contributed by atoms with E-state index in [1.807, 2.05) is 19.2 Å². The molecule has 0 radical (unpaired) electrons. The van der Waals surface area contributed by atoms with Gasteiger partial charge in [-0.3, -0.25) is 4.57 Å². The molecule has 0 amide bonds. The molecule has 2 heterocycles. The molecule has 2 aromatic heterocycles. The first-order chi connectivity index (χ1) is 10.2. The molecule has 3 nitrogen and oxygen atoms in total. The van der Waals surface area contributed by atoms with Crippen LogP contribution in [0, 0.1) is 6.92 Å². The number of pyridine rings is 1. The molecule has 3 aromatic rings. The van der Waals surface area contributed by atoms with Gasteiger partial charge in [0.1, 0.15) is 11.3 Å². The van der Waals surface area contributed by atoms with Gasteiger partial charge in [-0.05, 0) is 36.6 Å². The van der Waals surface area contributed by atoms with Crippen LogP contribution in [0.25, 0.3) is 16.9 Å². The van der Waals surface area contributed by atoms with Gasteiger partial charge in [-0.25, -0.2) is 9.97 Å². The van der Waals surface area contributed by atoms with Crippen LogP contribution in [0.1, 0.15) is 30.3 Å². The second-order valence-electron chi connectivity index (χ2n) is 5.23. The number of alkyl halides is 1. The molecule has 0 atom stereocenters. The maximum absolute atomic E-state index is 6.11. The summed E-state index contributed by atoms with van der Waals surface area (Å²) in [7, 11) is 0. The fourth-order valence-corrected chi connectivity index (χ4v) is 2.84. The molecule has 0 spiro atoms. The molecular weight excluding hydrogens is 282 g/mol. The number of nitrogens with zero attached hydrogens (tertiary/aromatic N) is 3. The Labute approximate surface area is 129 Å². The number of fused-ring (bicyclic) bond motifs is 1. The van der Waals surface area contributed by atoms with E-state index in [4.69, 9.17) is 11.6 Å². The number of aryl methyl sites for hydroxylation is 2. The minimum atomic E-state index is 0.371. The fourth-order valence-electron chi connectivity index (χ4n) is 2.66. The van der Waals surface area contributed by atoms with Crippen LogP contribution in [-0.2, 0) is 12.3 Å². The molecule has 0 saturated heterocycles. The van der Waals surface area contributed by atoms with E-state index in [0.29, 0.717) is 5.88 Å². The standard InChI is InChI=1S/C17H18ClN3/c1-3-6-13-7-4-5-8-15(13)21-16(10-18)20-14-9-12(2)11-19-17(14)21/h4-5,7-9,11H,3,6,10H2,1-2H3. The number of aromatic nitrogens is 3. The van der Waals surface area contributed by atoms with E-state index in [2.05, 4.69) is 45.7 Å². The zero-order valence-electron chi connectivity index (χ0n) is 12.3. The Balaban J connectivity index is 2.29. The normalized spacial score (nSPS) is 11.2. The molecule has 4 heteroatoms. The predicted octanol–water partition coefficient (Wildman–Crippen LogP) is 4.42. The molecule has 108 valence electrons. The van der Waals surface area contributed by atoms with Crippen molar-refractivity contribution in [1.82, 2.24) is 14.5 Å². The maximum Gasteiger partial charge on any atom is 0.164 e. The SMILES string of the molecule is CCCc1ccccc1-n1c(CCl)nc2cc(C)cnc21. The summed E-state index contributed by atoms with van der Waals surface area (Å²) in [4.78, 5) is 9.21. The van der Waals surface area contributed by atoms with E-state index in [9.17, 15) is 0 Å². The summed E-state index contributed by atoms with van der Waals surface area (Å²) in [6, 6.07) is 10.5. The summed E-state index contributed by atoms with van der Waals surface area (Å²) in [6.45, 7) is 4.21. The number of benzene rings is 1. The first kappa shape index (κ1) is 14.1. The van der Waals surface area contributed by atoms with Gasteiger partial charge in [0.25, 0.3) is 0 Å². The number of para-hydroxylation sites is 1. The molecule has 0 aliphatic heterocycles. The highest BCUT2D eigenvalue weighted by Crippen LogP contribution is 2.25. The van der Waals surface area contributed by atoms with Gasteiger partial charge in [0.15, 0.2) is 5.65 Å². The third kappa shape index (κ3) is 2.54. The van der Waals surface area contributed by atoms with Crippen molar-refractivity contribution in [3.05, 3.63) is 53.5 Å². The van der Waals surface area contributed by atoms with Gasteiger partial charge >= 0.3 is 0 Å². The van der Waals surface area contributed by atoms with Crippen LogP contribution in [0.2, 0.25) is 0 Å². The van der Waals surface area contributed by atoms with Crippen molar-refractivity contribution in [2.45, 2.75) is 32.6 Å². The van der Waals surface area contributed by atoms with Crippen molar-refractivity contribution in [3.63, 3.8) is 0 Å². The Kier molecular flexibility index (Phi) is 3.93. The summed E-state index contributed by atoms with van der Waals surface area (Å²) in [5.74, 6) is 1.21. The monoisotopic (exact) mass is 299 g/mol. The average Bonchev–Trinajstić information content (AvgIpc) is 2.85. The number of imidazole rings is 1. The Morgan fingerprint density at radius 1 is 1.24 bits per heavy atom. The van der Waals surface area contributed by atoms with Crippen molar-refractivity contribution in [3.8, 4) is 5.69 Å². The van der Waals surface area contributed by atoms with Crippen LogP contribution < -0.4 is 0 Å². The molecule has 1 aromatic carbocycles. The van der Waals surface area contributed by atoms with Crippen molar-refractivity contribution >= 4 is 22.8 Å². The highest BCUT2D eigenvalue weighted by atomic mass is 35.5. The number of halogens is 1. The zero-order chi connectivity index (χ0) is 14.8. The smallest absolute Gasteiger partial charge is 0.164 e. The minimum Gasteiger partial charge on any atom is -0.279 e. The summed E-state index contributed by atoms with van der Waals surface area (Å²) in [6.07, 6.45) is 4.01. The molecule has 0 unspecified atom stereocenters. The molecule has 21 heavy (non-hydrogen) atoms. The Bertz CT molecular complexity index is 777. The molecule has 0 bridgehead atoms. The van der Waals surface area contributed by atoms with E-state index in [-0.39, 0.29) is 0 Å². The second-order valence-corrected chi connectivity index (χ2v) is 5.50. The van der Waals surface area contributed by atoms with Crippen molar-refractivity contribution in [2.75, 3.05) is 0 Å². The summed E-state index contributed by atoms with van der Waals surface area (Å²) < 4.78 is 2.09. The quantitative estimate of drug-likeness (QED) is 0.668. The first-order valence-corrected chi connectivity index (χ1v) is 7.76. The molecule has 0 N–H and O–H groups in total. The van der Waals surface area contributed by atoms with E-state index in [1.165, 1.54) is 5.56 Å². The largest absolute Gasteiger partial charge is 0.279 e. The van der Waals surface area contributed by atoms with Gasteiger partial charge in [0, 0.05) is 6.20 Å². The van der Waals surface area contributed by atoms with E-state index < -0.39 is 0 Å². The van der Waals surface area contributed by atoms with Crippen LogP contribution in [0.5, 0.6) is 0 Å². The van der Waals surface area contributed by atoms with Gasteiger partial charge in [-0.2, -0.15) is 0 Å². The third-order valence-electron chi connectivity index (χ3n) is 3.57. The van der Waals surface area contributed by atoms with Crippen molar-refractivity contribution in [1.29, 1.82) is 0 Å². The van der Waals surface area contributed by atoms with Crippen molar-refractivity contribution < 1.29 is 0 Å². The second kappa shape index (κ2) is 5.86. The average molecular weight is 300 g/mol. The highest BCUT2D eigenvalue weighted by Gasteiger charge is 2.15. The Hall–Kier alpha value is -1.87. The third-order valence-corrected chi connectivity index (χ3v) is 3.81. The predicted molar refractivity (Wildman–Crippen MR) is 87.2 cm³/mol. The van der Waals surface area contributed by atoms with Crippen LogP contribution in [0.15, 0.2) is 36.5 Å². The van der Waals surface area contributed by atoms with Gasteiger partial charge < -0.3 is 0 Å². The van der Waals surface area contributed by atoms with Crippen LogP contribution in [0.3, 0.4) is 0 Å². The van der Waals surface area contributed by atoms with Crippen LogP contribution in [-0.4, -0.2) is 14.5 Å². The number of hydrogen-bond donors (Lipinski definition) is 0. The van der Waals surface area contributed by atoms with Crippen molar-refractivity contribution in [2.24, 2.45) is 0 Å². The van der Waals surface area contributed by atoms with Gasteiger partial charge in [-0.1, -0.05) is 31.5 Å². The van der Waals surface area contributed by atoms with E-state index in [0.717, 1.165) is 41.1 Å². The molecule has 0 aliphatic rings. The van der Waals surface area contributed by atoms with E-state index in [1.54, 1.807) is 0 Å². The Morgan fingerprint density at radius 2 is 2.05 bits per heavy atom. The van der Waals surface area contributed by atoms with E-state index >= 15 is 0 Å². The molecular formula is C17H18ClN3. The Morgan fingerprint density at radius 3 is 2.81 bits per heavy atom. The lowest BCUT2D eigenvalue weighted by atomic mass is 10.1.